The maximum absolute atomic E-state index is 11.8. The summed E-state index contributed by atoms with van der Waals surface area (Å²) >= 11 is 0. The number of amides is 3. The Bertz CT molecular complexity index is 399. The zero-order valence-electron chi connectivity index (χ0n) is 12.2. The van der Waals surface area contributed by atoms with Gasteiger partial charge in [0.05, 0.1) is 5.41 Å². The van der Waals surface area contributed by atoms with Crippen LogP contribution in [0.25, 0.3) is 0 Å². The molecule has 1 rings (SSSR count). The van der Waals surface area contributed by atoms with E-state index < -0.39 is 17.4 Å². The molecule has 0 aromatic carbocycles. The smallest absolute Gasteiger partial charge is 0.315 e. The molecular weight excluding hydrogens is 262 g/mol. The number of aliphatic carboxylic acids is 1. The number of likely N-dealkylation sites (tertiary alicyclic amines) is 1. The molecule has 0 spiro atoms. The number of carbonyl (C=O) groups is 3. The normalized spacial score (nSPS) is 22.1. The van der Waals surface area contributed by atoms with Crippen molar-refractivity contribution in [2.24, 2.45) is 5.41 Å². The molecule has 0 saturated carbocycles. The van der Waals surface area contributed by atoms with E-state index in [1.54, 1.807) is 25.8 Å². The van der Waals surface area contributed by atoms with Crippen LogP contribution in [0.3, 0.4) is 0 Å². The fourth-order valence-electron chi connectivity index (χ4n) is 1.99. The van der Waals surface area contributed by atoms with Crippen LogP contribution in [0.2, 0.25) is 0 Å². The number of carbonyl (C=O) groups excluding carboxylic acids is 2. The third-order valence-electron chi connectivity index (χ3n) is 3.90. The molecule has 2 unspecified atom stereocenters. The first-order valence-electron chi connectivity index (χ1n) is 6.80. The first-order valence-corrected chi connectivity index (χ1v) is 6.80. The minimum atomic E-state index is -0.962. The van der Waals surface area contributed by atoms with E-state index in [-0.39, 0.29) is 18.5 Å². The number of carboxylic acid groups (broad SMARTS) is 1. The molecule has 1 aliphatic rings. The molecule has 20 heavy (non-hydrogen) atoms. The lowest BCUT2D eigenvalue weighted by Crippen LogP contribution is -2.52. The summed E-state index contributed by atoms with van der Waals surface area (Å²) in [6.45, 7) is 3.93. The van der Waals surface area contributed by atoms with Gasteiger partial charge in [-0.2, -0.15) is 0 Å². The number of hydrogen-bond donors (Lipinski definition) is 3. The van der Waals surface area contributed by atoms with Gasteiger partial charge in [0.1, 0.15) is 0 Å². The highest BCUT2D eigenvalue weighted by Gasteiger charge is 2.32. The molecule has 0 bridgehead atoms. The Balaban J connectivity index is 2.41. The molecule has 1 fully saturated rings. The average Bonchev–Trinajstić information content (AvgIpc) is 2.40. The predicted octanol–water partition coefficient (Wildman–Crippen LogP) is 0.407. The summed E-state index contributed by atoms with van der Waals surface area (Å²) in [6, 6.07) is -0.478. The monoisotopic (exact) mass is 285 g/mol. The van der Waals surface area contributed by atoms with E-state index in [4.69, 9.17) is 5.11 Å². The van der Waals surface area contributed by atoms with Crippen LogP contribution in [-0.4, -0.2) is 54.1 Å². The summed E-state index contributed by atoms with van der Waals surface area (Å²) < 4.78 is 0. The zero-order valence-corrected chi connectivity index (χ0v) is 12.2. The number of piperidine rings is 1. The van der Waals surface area contributed by atoms with Crippen LogP contribution in [0.4, 0.5) is 4.79 Å². The van der Waals surface area contributed by atoms with Crippen LogP contribution >= 0.6 is 0 Å². The minimum Gasteiger partial charge on any atom is -0.481 e. The van der Waals surface area contributed by atoms with Gasteiger partial charge in [-0.3, -0.25) is 9.59 Å². The fraction of sp³-hybridized carbons (Fsp3) is 0.769. The molecule has 7 heteroatoms. The summed E-state index contributed by atoms with van der Waals surface area (Å²) in [5.74, 6) is -0.851. The van der Waals surface area contributed by atoms with Gasteiger partial charge in [-0.15, -0.1) is 0 Å². The highest BCUT2D eigenvalue weighted by Crippen LogP contribution is 2.19. The van der Waals surface area contributed by atoms with E-state index >= 15 is 0 Å². The number of nitrogens with one attached hydrogen (secondary N) is 2. The third-order valence-corrected chi connectivity index (χ3v) is 3.90. The van der Waals surface area contributed by atoms with Crippen molar-refractivity contribution in [2.45, 2.75) is 39.2 Å². The second-order valence-corrected chi connectivity index (χ2v) is 5.56. The Morgan fingerprint density at radius 3 is 2.65 bits per heavy atom. The summed E-state index contributed by atoms with van der Waals surface area (Å²) in [4.78, 5) is 35.8. The Hall–Kier alpha value is -1.79. The van der Waals surface area contributed by atoms with E-state index in [1.807, 2.05) is 0 Å². The van der Waals surface area contributed by atoms with Gasteiger partial charge >= 0.3 is 12.0 Å². The topological polar surface area (TPSA) is 98.7 Å². The maximum atomic E-state index is 11.8. The molecule has 3 amide bonds. The lowest BCUT2D eigenvalue weighted by Gasteiger charge is -2.30. The van der Waals surface area contributed by atoms with Crippen molar-refractivity contribution in [2.75, 3.05) is 20.1 Å². The summed E-state index contributed by atoms with van der Waals surface area (Å²) in [7, 11) is 1.70. The van der Waals surface area contributed by atoms with Crippen molar-refractivity contribution in [3.05, 3.63) is 0 Å². The molecule has 0 aliphatic carbocycles. The molecule has 0 aromatic rings. The van der Waals surface area contributed by atoms with Crippen LogP contribution in [-0.2, 0) is 9.59 Å². The van der Waals surface area contributed by atoms with Crippen LogP contribution < -0.4 is 10.6 Å². The lowest BCUT2D eigenvalue weighted by atomic mass is 9.88. The number of rotatable bonds is 5. The Labute approximate surface area is 118 Å². The van der Waals surface area contributed by atoms with Crippen molar-refractivity contribution in [1.82, 2.24) is 15.5 Å². The fourth-order valence-corrected chi connectivity index (χ4v) is 1.99. The number of likely N-dealkylation sites (N-methyl/N-ethyl adjacent to an activating group) is 1. The second kappa shape index (κ2) is 6.58. The van der Waals surface area contributed by atoms with E-state index in [9.17, 15) is 14.4 Å². The van der Waals surface area contributed by atoms with Gasteiger partial charge in [0.25, 0.3) is 0 Å². The van der Waals surface area contributed by atoms with E-state index in [1.165, 1.54) is 0 Å². The number of carboxylic acids is 1. The first kappa shape index (κ1) is 16.3. The molecule has 3 N–H and O–H groups in total. The quantitative estimate of drug-likeness (QED) is 0.681. The van der Waals surface area contributed by atoms with Gasteiger partial charge in [-0.25, -0.2) is 4.79 Å². The zero-order chi connectivity index (χ0) is 15.3. The van der Waals surface area contributed by atoms with Gasteiger partial charge in [-0.05, 0) is 19.8 Å². The van der Waals surface area contributed by atoms with Crippen molar-refractivity contribution in [1.29, 1.82) is 0 Å². The maximum Gasteiger partial charge on any atom is 0.315 e. The average molecular weight is 285 g/mol. The van der Waals surface area contributed by atoms with Crippen LogP contribution in [0, 0.1) is 5.41 Å². The standard InChI is InChI=1S/C13H23N3O4/c1-4-13(2,11(18)19)8-14-12(20)15-9-5-6-10(17)16(3)7-9/h9H,4-8H2,1-3H3,(H,18,19)(H2,14,15,20). The largest absolute Gasteiger partial charge is 0.481 e. The Morgan fingerprint density at radius 2 is 2.15 bits per heavy atom. The number of nitrogens with zero attached hydrogens (tertiary/aromatic N) is 1. The number of hydrogen-bond acceptors (Lipinski definition) is 3. The van der Waals surface area contributed by atoms with E-state index in [0.717, 1.165) is 0 Å². The summed E-state index contributed by atoms with van der Waals surface area (Å²) in [5, 5.41) is 14.5. The third kappa shape index (κ3) is 4.11. The van der Waals surface area contributed by atoms with Gasteiger partial charge in [0.15, 0.2) is 0 Å². The summed E-state index contributed by atoms with van der Waals surface area (Å²) in [5.41, 5.74) is -0.962. The van der Waals surface area contributed by atoms with Gasteiger partial charge < -0.3 is 20.6 Å². The molecular formula is C13H23N3O4. The molecule has 1 heterocycles. The molecule has 114 valence electrons. The minimum absolute atomic E-state index is 0.0756. The highest BCUT2D eigenvalue weighted by molar-refractivity contribution is 5.79. The highest BCUT2D eigenvalue weighted by atomic mass is 16.4. The summed E-state index contributed by atoms with van der Waals surface area (Å²) in [6.07, 6.45) is 1.47. The van der Waals surface area contributed by atoms with Gasteiger partial charge in [0, 0.05) is 32.6 Å². The molecule has 1 aliphatic heterocycles. The molecule has 2 atom stereocenters. The molecule has 7 nitrogen and oxygen atoms in total. The first-order chi connectivity index (χ1) is 9.28. The van der Waals surface area contributed by atoms with Crippen molar-refractivity contribution < 1.29 is 19.5 Å². The lowest BCUT2D eigenvalue weighted by molar-refractivity contribution is -0.147. The number of urea groups is 1. The van der Waals surface area contributed by atoms with Gasteiger partial charge in [-0.1, -0.05) is 6.92 Å². The van der Waals surface area contributed by atoms with Crippen molar-refractivity contribution in [3.63, 3.8) is 0 Å². The van der Waals surface area contributed by atoms with Crippen molar-refractivity contribution >= 4 is 17.9 Å². The van der Waals surface area contributed by atoms with Crippen LogP contribution in [0.15, 0.2) is 0 Å². The second-order valence-electron chi connectivity index (χ2n) is 5.56. The molecule has 0 radical (unpaired) electrons. The molecule has 1 saturated heterocycles. The predicted molar refractivity (Wildman–Crippen MR) is 73.2 cm³/mol. The van der Waals surface area contributed by atoms with E-state index in [0.29, 0.717) is 25.8 Å². The Kier molecular flexibility index (Phi) is 5.35. The molecule has 0 aromatic heterocycles. The van der Waals surface area contributed by atoms with E-state index in [2.05, 4.69) is 10.6 Å². The van der Waals surface area contributed by atoms with Crippen molar-refractivity contribution in [3.8, 4) is 0 Å². The van der Waals surface area contributed by atoms with Crippen LogP contribution in [0.5, 0.6) is 0 Å². The van der Waals surface area contributed by atoms with Crippen LogP contribution in [0.1, 0.15) is 33.1 Å². The Morgan fingerprint density at radius 1 is 1.50 bits per heavy atom. The SMILES string of the molecule is CCC(C)(CNC(=O)NC1CCC(=O)N(C)C1)C(=O)O. The van der Waals surface area contributed by atoms with Gasteiger partial charge in [0.2, 0.25) is 5.91 Å².